The van der Waals surface area contributed by atoms with E-state index in [2.05, 4.69) is 165 Å². The number of fused-ring (bicyclic) bond motifs is 9. The predicted molar refractivity (Wildman–Crippen MR) is 224 cm³/mol. The molecule has 0 atom stereocenters. The molecule has 11 rings (SSSR count). The maximum atomic E-state index is 10.6. The van der Waals surface area contributed by atoms with E-state index in [1.54, 1.807) is 0 Å². The van der Waals surface area contributed by atoms with Crippen LogP contribution in [-0.4, -0.2) is 13.7 Å². The summed E-state index contributed by atoms with van der Waals surface area (Å²) in [7, 11) is 0. The Morgan fingerprint density at radius 1 is 0.364 bits per heavy atom. The third kappa shape index (κ3) is 4.45. The second kappa shape index (κ2) is 11.8. The molecule has 5 nitrogen and oxygen atoms in total. The molecule has 0 aliphatic rings. The van der Waals surface area contributed by atoms with Gasteiger partial charge in [0.05, 0.1) is 62.1 Å². The molecule has 55 heavy (non-hydrogen) atoms. The summed E-state index contributed by atoms with van der Waals surface area (Å²) in [5, 5.41) is 27.1. The minimum Gasteiger partial charge on any atom is -0.309 e. The highest BCUT2D eigenvalue weighted by Crippen LogP contribution is 2.41. The van der Waals surface area contributed by atoms with Gasteiger partial charge in [0.25, 0.3) is 0 Å². The average molecular weight is 700 g/mol. The lowest BCUT2D eigenvalue weighted by Crippen LogP contribution is -1.98. The van der Waals surface area contributed by atoms with Gasteiger partial charge in [-0.3, -0.25) is 0 Å². The number of rotatable bonds is 4. The second-order valence-corrected chi connectivity index (χ2v) is 14.0. The molecule has 0 aliphatic heterocycles. The third-order valence-electron chi connectivity index (χ3n) is 11.1. The van der Waals surface area contributed by atoms with Gasteiger partial charge in [-0.1, -0.05) is 97.1 Å². The fraction of sp³-hybridized carbons (Fsp3) is 0. The molecule has 11 aromatic rings. The van der Waals surface area contributed by atoms with Crippen molar-refractivity contribution < 1.29 is 0 Å². The molecule has 0 fully saturated rings. The van der Waals surface area contributed by atoms with Gasteiger partial charge in [0.2, 0.25) is 0 Å². The van der Waals surface area contributed by atoms with Crippen molar-refractivity contribution in [3.63, 3.8) is 0 Å². The summed E-state index contributed by atoms with van der Waals surface area (Å²) in [6.45, 7) is 0. The van der Waals surface area contributed by atoms with E-state index >= 15 is 0 Å². The highest BCUT2D eigenvalue weighted by Gasteiger charge is 2.20. The van der Waals surface area contributed by atoms with E-state index in [1.165, 1.54) is 32.6 Å². The molecule has 3 aromatic heterocycles. The summed E-state index contributed by atoms with van der Waals surface area (Å²) < 4.78 is 6.93. The first-order chi connectivity index (χ1) is 27.2. The van der Waals surface area contributed by atoms with Crippen LogP contribution in [0.1, 0.15) is 11.1 Å². The number of aromatic nitrogens is 3. The van der Waals surface area contributed by atoms with Crippen molar-refractivity contribution in [3.8, 4) is 40.3 Å². The molecule has 5 heteroatoms. The first kappa shape index (κ1) is 30.7. The van der Waals surface area contributed by atoms with Gasteiger partial charge in [-0.15, -0.1) is 0 Å². The fourth-order valence-electron chi connectivity index (χ4n) is 8.80. The highest BCUT2D eigenvalue weighted by atomic mass is 15.0. The maximum Gasteiger partial charge on any atom is 0.0998 e. The van der Waals surface area contributed by atoms with Crippen LogP contribution < -0.4 is 0 Å². The smallest absolute Gasteiger partial charge is 0.0998 e. The Morgan fingerprint density at radius 2 is 0.909 bits per heavy atom. The topological polar surface area (TPSA) is 62.4 Å². The van der Waals surface area contributed by atoms with Crippen molar-refractivity contribution in [1.82, 2.24) is 13.7 Å². The fourth-order valence-corrected chi connectivity index (χ4v) is 8.80. The van der Waals surface area contributed by atoms with Crippen molar-refractivity contribution in [1.29, 1.82) is 10.5 Å². The van der Waals surface area contributed by atoms with Gasteiger partial charge in [0.15, 0.2) is 0 Å². The average Bonchev–Trinajstić information content (AvgIpc) is 3.89. The molecule has 0 aliphatic carbocycles. The maximum absolute atomic E-state index is 10.6. The molecular weight excluding hydrogens is 671 g/mol. The summed E-state index contributed by atoms with van der Waals surface area (Å²) >= 11 is 0. The Hall–Kier alpha value is -7.86. The Bertz CT molecular complexity index is 3420. The van der Waals surface area contributed by atoms with Crippen LogP contribution in [0.5, 0.6) is 0 Å². The van der Waals surface area contributed by atoms with Gasteiger partial charge >= 0.3 is 0 Å². The molecule has 0 radical (unpaired) electrons. The minimum absolute atomic E-state index is 0.588. The lowest BCUT2D eigenvalue weighted by atomic mass is 9.99. The van der Waals surface area contributed by atoms with Crippen molar-refractivity contribution >= 4 is 65.4 Å². The zero-order valence-corrected chi connectivity index (χ0v) is 29.5. The molecule has 0 saturated heterocycles. The lowest BCUT2D eigenvalue weighted by molar-refractivity contribution is 1.17. The van der Waals surface area contributed by atoms with E-state index in [-0.39, 0.29) is 0 Å². The van der Waals surface area contributed by atoms with Crippen molar-refractivity contribution in [2.75, 3.05) is 0 Å². The largest absolute Gasteiger partial charge is 0.309 e. The van der Waals surface area contributed by atoms with Gasteiger partial charge in [-0.05, 0) is 90.0 Å². The third-order valence-corrected chi connectivity index (χ3v) is 11.1. The van der Waals surface area contributed by atoms with Crippen LogP contribution in [0.25, 0.3) is 93.6 Å². The number of hydrogen-bond donors (Lipinski definition) is 0. The van der Waals surface area contributed by atoms with Gasteiger partial charge < -0.3 is 13.7 Å². The Morgan fingerprint density at radius 3 is 1.60 bits per heavy atom. The van der Waals surface area contributed by atoms with Crippen LogP contribution in [0, 0.1) is 22.7 Å². The molecule has 0 bridgehead atoms. The van der Waals surface area contributed by atoms with E-state index in [0.29, 0.717) is 11.1 Å². The summed E-state index contributed by atoms with van der Waals surface area (Å²) in [6, 6.07) is 65.9. The van der Waals surface area contributed by atoms with Crippen molar-refractivity contribution in [2.45, 2.75) is 0 Å². The molecular formula is C50H29N5. The van der Waals surface area contributed by atoms with Crippen LogP contribution >= 0.6 is 0 Å². The van der Waals surface area contributed by atoms with Gasteiger partial charge in [0, 0.05) is 43.7 Å². The summed E-state index contributed by atoms with van der Waals surface area (Å²) in [6.07, 6.45) is 0. The zero-order valence-electron chi connectivity index (χ0n) is 29.5. The summed E-state index contributed by atoms with van der Waals surface area (Å²) in [4.78, 5) is 0. The molecule has 0 amide bonds. The van der Waals surface area contributed by atoms with E-state index in [9.17, 15) is 10.5 Å². The SMILES string of the molecule is N#Cc1ccc2c(c1)c1ccccc1n2-c1ccc(-c2cccc(-n3c4ccccc4c4c(-n5c6ccccc6c6ccccc65)cccc43)c2)c(C#N)c1. The number of para-hydroxylation sites is 4. The molecule has 0 saturated carbocycles. The molecule has 0 spiro atoms. The van der Waals surface area contributed by atoms with Gasteiger partial charge in [0.1, 0.15) is 0 Å². The summed E-state index contributed by atoms with van der Waals surface area (Å²) in [5.41, 5.74) is 12.7. The van der Waals surface area contributed by atoms with Crippen LogP contribution in [0.2, 0.25) is 0 Å². The lowest BCUT2D eigenvalue weighted by Gasteiger charge is -2.14. The van der Waals surface area contributed by atoms with Crippen LogP contribution in [0.4, 0.5) is 0 Å². The number of nitriles is 2. The molecule has 8 aromatic carbocycles. The number of benzene rings is 8. The molecule has 254 valence electrons. The first-order valence-corrected chi connectivity index (χ1v) is 18.3. The van der Waals surface area contributed by atoms with E-state index in [0.717, 1.165) is 61.0 Å². The number of hydrogen-bond acceptors (Lipinski definition) is 2. The van der Waals surface area contributed by atoms with Gasteiger partial charge in [-0.2, -0.15) is 10.5 Å². The molecule has 0 N–H and O–H groups in total. The van der Waals surface area contributed by atoms with Crippen LogP contribution in [0.15, 0.2) is 176 Å². The highest BCUT2D eigenvalue weighted by molar-refractivity contribution is 6.16. The standard InChI is InChI=1S/C50H29N5/c51-30-32-23-26-47-42(27-32)40-15-3-5-17-43(40)53(47)36-24-25-37(34(29-36)31-52)33-11-9-12-35(28-33)54-46-20-8-4-16-41(46)50-48(54)21-10-22-49(50)55-44-18-6-1-13-38(44)39-14-2-7-19-45(39)55/h1-29H. The van der Waals surface area contributed by atoms with Crippen molar-refractivity contribution in [2.24, 2.45) is 0 Å². The monoisotopic (exact) mass is 699 g/mol. The normalized spacial score (nSPS) is 11.6. The predicted octanol–water partition coefficient (Wildman–Crippen LogP) is 12.4. The Kier molecular flexibility index (Phi) is 6.61. The zero-order chi connectivity index (χ0) is 36.6. The van der Waals surface area contributed by atoms with E-state index < -0.39 is 0 Å². The Balaban J connectivity index is 1.09. The van der Waals surface area contributed by atoms with Crippen molar-refractivity contribution in [3.05, 3.63) is 187 Å². The van der Waals surface area contributed by atoms with E-state index in [4.69, 9.17) is 0 Å². The number of nitrogens with zero attached hydrogens (tertiary/aromatic N) is 5. The van der Waals surface area contributed by atoms with E-state index in [1.807, 2.05) is 36.4 Å². The summed E-state index contributed by atoms with van der Waals surface area (Å²) in [5.74, 6) is 0. The minimum atomic E-state index is 0.588. The van der Waals surface area contributed by atoms with Crippen LogP contribution in [-0.2, 0) is 0 Å². The van der Waals surface area contributed by atoms with Gasteiger partial charge in [-0.25, -0.2) is 0 Å². The Labute approximate surface area is 316 Å². The van der Waals surface area contributed by atoms with Crippen LogP contribution in [0.3, 0.4) is 0 Å². The molecule has 3 heterocycles. The molecule has 0 unspecified atom stereocenters. The quantitative estimate of drug-likeness (QED) is 0.184. The first-order valence-electron chi connectivity index (χ1n) is 18.3. The second-order valence-electron chi connectivity index (χ2n) is 14.0.